The first-order valence-corrected chi connectivity index (χ1v) is 3.75. The molecule has 0 N–H and O–H groups in total. The van der Waals surface area contributed by atoms with Crippen molar-refractivity contribution < 1.29 is 4.79 Å². The lowest BCUT2D eigenvalue weighted by Crippen LogP contribution is -2.22. The van der Waals surface area contributed by atoms with Crippen LogP contribution in [-0.4, -0.2) is 24.4 Å². The molecule has 58 valence electrons. The summed E-state index contributed by atoms with van der Waals surface area (Å²) >= 11 is 0. The Morgan fingerprint density at radius 3 is 2.40 bits per heavy atom. The fraction of sp³-hybridized carbons (Fsp3) is 0.875. The van der Waals surface area contributed by atoms with Gasteiger partial charge >= 0.3 is 0 Å². The van der Waals surface area contributed by atoms with Crippen LogP contribution in [0.4, 0.5) is 0 Å². The summed E-state index contributed by atoms with van der Waals surface area (Å²) in [6.45, 7) is 8.46. The maximum absolute atomic E-state index is 10.4. The minimum Gasteiger partial charge on any atom is -0.344 e. The van der Waals surface area contributed by atoms with Gasteiger partial charge in [-0.25, -0.2) is 0 Å². The maximum atomic E-state index is 10.4. The molecule has 2 nitrogen and oxygen atoms in total. The predicted octanol–water partition coefficient (Wildman–Crippen LogP) is 1.12. The lowest BCUT2D eigenvalue weighted by molar-refractivity contribution is -0.117. The number of carbonyl (C=O) groups excluding carboxylic acids is 1. The smallest absolute Gasteiger partial charge is 0.209 e. The standard InChI is InChI=1S/C8H15NO/c1-7-4-9(6-10)5-8(7,2)3/h6-7H,4-5H2,1-3H3. The highest BCUT2D eigenvalue weighted by molar-refractivity contribution is 5.48. The maximum Gasteiger partial charge on any atom is 0.209 e. The van der Waals surface area contributed by atoms with E-state index in [0.717, 1.165) is 19.5 Å². The Kier molecular flexibility index (Phi) is 1.71. The van der Waals surface area contributed by atoms with Crippen LogP contribution in [0.15, 0.2) is 0 Å². The monoisotopic (exact) mass is 141 g/mol. The molecule has 1 heterocycles. The van der Waals surface area contributed by atoms with Gasteiger partial charge < -0.3 is 4.90 Å². The van der Waals surface area contributed by atoms with Gasteiger partial charge in [0, 0.05) is 13.1 Å². The molecule has 1 aliphatic rings. The van der Waals surface area contributed by atoms with Gasteiger partial charge in [0.15, 0.2) is 0 Å². The van der Waals surface area contributed by atoms with Gasteiger partial charge in [-0.1, -0.05) is 20.8 Å². The van der Waals surface area contributed by atoms with Crippen molar-refractivity contribution in [2.24, 2.45) is 11.3 Å². The highest BCUT2D eigenvalue weighted by Gasteiger charge is 2.35. The third kappa shape index (κ3) is 1.15. The summed E-state index contributed by atoms with van der Waals surface area (Å²) in [5.74, 6) is 0.637. The summed E-state index contributed by atoms with van der Waals surface area (Å²) < 4.78 is 0. The molecule has 0 radical (unpaired) electrons. The topological polar surface area (TPSA) is 20.3 Å². The van der Waals surface area contributed by atoms with Crippen LogP contribution < -0.4 is 0 Å². The number of carbonyl (C=O) groups is 1. The molecular weight excluding hydrogens is 126 g/mol. The van der Waals surface area contributed by atoms with Gasteiger partial charge in [0.25, 0.3) is 0 Å². The summed E-state index contributed by atoms with van der Waals surface area (Å²) in [5, 5.41) is 0. The van der Waals surface area contributed by atoms with Crippen molar-refractivity contribution in [1.82, 2.24) is 4.90 Å². The fourth-order valence-corrected chi connectivity index (χ4v) is 1.42. The molecule has 1 aliphatic heterocycles. The van der Waals surface area contributed by atoms with E-state index in [0.29, 0.717) is 11.3 Å². The second-order valence-corrected chi connectivity index (χ2v) is 3.92. The van der Waals surface area contributed by atoms with Gasteiger partial charge in [-0.15, -0.1) is 0 Å². The molecule has 0 aromatic heterocycles. The minimum absolute atomic E-state index is 0.320. The average molecular weight is 141 g/mol. The molecule has 0 spiro atoms. The molecule has 1 rings (SSSR count). The first-order valence-electron chi connectivity index (χ1n) is 3.75. The molecule has 0 aliphatic carbocycles. The van der Waals surface area contributed by atoms with Gasteiger partial charge in [-0.2, -0.15) is 0 Å². The van der Waals surface area contributed by atoms with Crippen LogP contribution in [-0.2, 0) is 4.79 Å². The zero-order chi connectivity index (χ0) is 7.78. The molecular formula is C8H15NO. The van der Waals surface area contributed by atoms with Crippen LogP contribution >= 0.6 is 0 Å². The van der Waals surface area contributed by atoms with Gasteiger partial charge in [-0.3, -0.25) is 4.79 Å². The lowest BCUT2D eigenvalue weighted by Gasteiger charge is -2.20. The van der Waals surface area contributed by atoms with Crippen LogP contribution in [0.3, 0.4) is 0 Å². The molecule has 1 saturated heterocycles. The van der Waals surface area contributed by atoms with E-state index in [-0.39, 0.29) is 0 Å². The quantitative estimate of drug-likeness (QED) is 0.501. The molecule has 1 amide bonds. The van der Waals surface area contributed by atoms with Crippen LogP contribution in [0.2, 0.25) is 0 Å². The number of nitrogens with zero attached hydrogens (tertiary/aromatic N) is 1. The van der Waals surface area contributed by atoms with Crippen LogP contribution in [0.1, 0.15) is 20.8 Å². The Labute approximate surface area is 62.2 Å². The molecule has 0 saturated carbocycles. The van der Waals surface area contributed by atoms with E-state index in [1.54, 1.807) is 0 Å². The first-order chi connectivity index (χ1) is 4.56. The lowest BCUT2D eigenvalue weighted by atomic mass is 9.84. The van der Waals surface area contributed by atoms with Crippen molar-refractivity contribution in [3.63, 3.8) is 0 Å². The van der Waals surface area contributed by atoms with Crippen LogP contribution in [0, 0.1) is 11.3 Å². The highest BCUT2D eigenvalue weighted by atomic mass is 16.1. The van der Waals surface area contributed by atoms with Gasteiger partial charge in [-0.05, 0) is 11.3 Å². The third-order valence-corrected chi connectivity index (χ3v) is 2.60. The summed E-state index contributed by atoms with van der Waals surface area (Å²) in [6, 6.07) is 0. The van der Waals surface area contributed by atoms with Crippen molar-refractivity contribution in [2.75, 3.05) is 13.1 Å². The molecule has 1 unspecified atom stereocenters. The van der Waals surface area contributed by atoms with E-state index in [1.807, 2.05) is 4.90 Å². The zero-order valence-corrected chi connectivity index (χ0v) is 6.92. The Hall–Kier alpha value is -0.530. The van der Waals surface area contributed by atoms with E-state index < -0.39 is 0 Å². The number of likely N-dealkylation sites (tertiary alicyclic amines) is 1. The molecule has 0 aromatic carbocycles. The molecule has 0 aromatic rings. The third-order valence-electron chi connectivity index (χ3n) is 2.60. The Morgan fingerprint density at radius 2 is 2.20 bits per heavy atom. The second-order valence-electron chi connectivity index (χ2n) is 3.92. The molecule has 1 atom stereocenters. The Balaban J connectivity index is 2.61. The van der Waals surface area contributed by atoms with Crippen molar-refractivity contribution in [2.45, 2.75) is 20.8 Å². The fourth-order valence-electron chi connectivity index (χ4n) is 1.42. The Bertz CT molecular complexity index is 142. The molecule has 10 heavy (non-hydrogen) atoms. The first kappa shape index (κ1) is 7.58. The molecule has 0 bridgehead atoms. The zero-order valence-electron chi connectivity index (χ0n) is 6.92. The second kappa shape index (κ2) is 2.26. The van der Waals surface area contributed by atoms with Crippen LogP contribution in [0.5, 0.6) is 0 Å². The number of amides is 1. The highest BCUT2D eigenvalue weighted by Crippen LogP contribution is 2.33. The summed E-state index contributed by atoms with van der Waals surface area (Å²) in [6.07, 6.45) is 0.950. The van der Waals surface area contributed by atoms with E-state index in [9.17, 15) is 4.79 Å². The van der Waals surface area contributed by atoms with Crippen molar-refractivity contribution in [1.29, 1.82) is 0 Å². The van der Waals surface area contributed by atoms with Crippen molar-refractivity contribution in [3.8, 4) is 0 Å². The van der Waals surface area contributed by atoms with E-state index >= 15 is 0 Å². The SMILES string of the molecule is CC1CN(C=O)CC1(C)C. The minimum atomic E-state index is 0.320. The Morgan fingerprint density at radius 1 is 1.60 bits per heavy atom. The normalized spacial score (nSPS) is 30.7. The largest absolute Gasteiger partial charge is 0.344 e. The molecule has 2 heteroatoms. The summed E-state index contributed by atoms with van der Waals surface area (Å²) in [5.41, 5.74) is 0.320. The van der Waals surface area contributed by atoms with E-state index in [1.165, 1.54) is 0 Å². The number of hydrogen-bond acceptors (Lipinski definition) is 1. The van der Waals surface area contributed by atoms with Gasteiger partial charge in [0.05, 0.1) is 0 Å². The molecule has 1 fully saturated rings. The predicted molar refractivity (Wildman–Crippen MR) is 40.6 cm³/mol. The van der Waals surface area contributed by atoms with Crippen molar-refractivity contribution in [3.05, 3.63) is 0 Å². The van der Waals surface area contributed by atoms with E-state index in [2.05, 4.69) is 20.8 Å². The number of hydrogen-bond donors (Lipinski definition) is 0. The van der Waals surface area contributed by atoms with Crippen molar-refractivity contribution >= 4 is 6.41 Å². The summed E-state index contributed by atoms with van der Waals surface area (Å²) in [4.78, 5) is 12.2. The van der Waals surface area contributed by atoms with Gasteiger partial charge in [0.1, 0.15) is 0 Å². The van der Waals surface area contributed by atoms with E-state index in [4.69, 9.17) is 0 Å². The average Bonchev–Trinajstić information content (AvgIpc) is 2.08. The van der Waals surface area contributed by atoms with Gasteiger partial charge in [0.2, 0.25) is 6.41 Å². The summed E-state index contributed by atoms with van der Waals surface area (Å²) in [7, 11) is 0. The number of rotatable bonds is 1. The van der Waals surface area contributed by atoms with Crippen LogP contribution in [0.25, 0.3) is 0 Å².